The van der Waals surface area contributed by atoms with Gasteiger partial charge in [0.1, 0.15) is 5.82 Å². The molecule has 21 heavy (non-hydrogen) atoms. The summed E-state index contributed by atoms with van der Waals surface area (Å²) in [5.74, 6) is -0.256. The summed E-state index contributed by atoms with van der Waals surface area (Å²) >= 11 is 0. The molecule has 1 heterocycles. The Morgan fingerprint density at radius 1 is 1.24 bits per heavy atom. The first-order valence-electron chi connectivity index (χ1n) is 7.09. The van der Waals surface area contributed by atoms with Crippen LogP contribution in [0.15, 0.2) is 24.3 Å². The number of Topliss-reactive ketones (excluding diaryl/α,β-unsaturated/α-hetero) is 1. The van der Waals surface area contributed by atoms with Gasteiger partial charge in [-0.15, -0.1) is 0 Å². The van der Waals surface area contributed by atoms with Crippen LogP contribution in [0, 0.1) is 11.2 Å². The highest BCUT2D eigenvalue weighted by molar-refractivity contribution is 6.12. The molecule has 0 radical (unpaired) electrons. The molecule has 1 saturated carbocycles. The van der Waals surface area contributed by atoms with E-state index in [1.165, 1.54) is 26.2 Å². The number of hydrogen-bond donors (Lipinski definition) is 0. The summed E-state index contributed by atoms with van der Waals surface area (Å²) < 4.78 is 18.7. The van der Waals surface area contributed by atoms with Crippen molar-refractivity contribution >= 4 is 11.7 Å². The summed E-state index contributed by atoms with van der Waals surface area (Å²) in [5.41, 5.74) is -0.831. The van der Waals surface area contributed by atoms with Crippen molar-refractivity contribution in [2.45, 2.75) is 25.4 Å². The van der Waals surface area contributed by atoms with Crippen molar-refractivity contribution in [1.29, 1.82) is 0 Å². The molecule has 1 atom stereocenters. The third-order valence-corrected chi connectivity index (χ3v) is 4.99. The summed E-state index contributed by atoms with van der Waals surface area (Å²) in [4.78, 5) is 25.8. The summed E-state index contributed by atoms with van der Waals surface area (Å²) in [6, 6.07) is 5.92. The van der Waals surface area contributed by atoms with Crippen LogP contribution in [0.4, 0.5) is 4.39 Å². The van der Waals surface area contributed by atoms with Gasteiger partial charge < -0.3 is 9.64 Å². The number of nitrogens with zero attached hydrogens (tertiary/aromatic N) is 1. The van der Waals surface area contributed by atoms with Gasteiger partial charge in [0.25, 0.3) is 0 Å². The Morgan fingerprint density at radius 2 is 1.81 bits per heavy atom. The highest BCUT2D eigenvalue weighted by Crippen LogP contribution is 2.66. The van der Waals surface area contributed by atoms with Crippen LogP contribution < -0.4 is 0 Å². The van der Waals surface area contributed by atoms with Crippen LogP contribution in [0.5, 0.6) is 0 Å². The van der Waals surface area contributed by atoms with Crippen LogP contribution in [-0.2, 0) is 19.9 Å². The topological polar surface area (TPSA) is 46.6 Å². The maximum absolute atomic E-state index is 13.1. The van der Waals surface area contributed by atoms with E-state index in [0.29, 0.717) is 31.5 Å². The van der Waals surface area contributed by atoms with Crippen molar-refractivity contribution < 1.29 is 18.7 Å². The number of halogens is 1. The molecule has 1 amide bonds. The number of carbonyl (C=O) groups excluding carboxylic acids is 2. The van der Waals surface area contributed by atoms with Gasteiger partial charge in [0.2, 0.25) is 5.91 Å². The number of methoxy groups -OCH3 is 1. The van der Waals surface area contributed by atoms with E-state index in [4.69, 9.17) is 4.74 Å². The SMILES string of the molecule is COC1(c2ccc(F)cc2)C(=O)C12CCN(C(C)=O)CC2. The first kappa shape index (κ1) is 14.2. The van der Waals surface area contributed by atoms with E-state index in [-0.39, 0.29) is 17.5 Å². The van der Waals surface area contributed by atoms with Crippen LogP contribution >= 0.6 is 0 Å². The average molecular weight is 291 g/mol. The number of carbonyl (C=O) groups is 2. The maximum Gasteiger partial charge on any atom is 0.219 e. The third kappa shape index (κ3) is 1.77. The lowest BCUT2D eigenvalue weighted by Crippen LogP contribution is -2.40. The van der Waals surface area contributed by atoms with E-state index in [9.17, 15) is 14.0 Å². The molecular weight excluding hydrogens is 273 g/mol. The molecule has 1 unspecified atom stereocenters. The van der Waals surface area contributed by atoms with Gasteiger partial charge in [0.05, 0.1) is 5.41 Å². The average Bonchev–Trinajstić information content (AvgIpc) is 2.98. The maximum atomic E-state index is 13.1. The summed E-state index contributed by atoms with van der Waals surface area (Å²) in [6.07, 6.45) is 1.19. The zero-order chi connectivity index (χ0) is 15.3. The zero-order valence-electron chi connectivity index (χ0n) is 12.2. The number of ether oxygens (including phenoxy) is 1. The predicted molar refractivity (Wildman–Crippen MR) is 74.0 cm³/mol. The highest BCUT2D eigenvalue weighted by atomic mass is 19.1. The van der Waals surface area contributed by atoms with Crippen LogP contribution in [-0.4, -0.2) is 36.8 Å². The number of amides is 1. The van der Waals surface area contributed by atoms with Crippen molar-refractivity contribution in [1.82, 2.24) is 4.90 Å². The molecule has 0 bridgehead atoms. The second-order valence-electron chi connectivity index (χ2n) is 5.81. The zero-order valence-corrected chi connectivity index (χ0v) is 12.2. The molecule has 1 spiro atoms. The van der Waals surface area contributed by atoms with Crippen LogP contribution in [0.25, 0.3) is 0 Å². The van der Waals surface area contributed by atoms with Crippen LogP contribution in [0.1, 0.15) is 25.3 Å². The number of benzene rings is 1. The Balaban J connectivity index is 1.90. The standard InChI is InChI=1S/C16H18FNO3/c1-11(19)18-9-7-15(8-10-18)14(20)16(15,21-2)12-3-5-13(17)6-4-12/h3-6H,7-10H2,1-2H3. The monoisotopic (exact) mass is 291 g/mol. The molecule has 3 rings (SSSR count). The molecule has 1 aromatic rings. The van der Waals surface area contributed by atoms with E-state index in [1.54, 1.807) is 17.0 Å². The molecule has 2 aliphatic rings. The number of piperidine rings is 1. The minimum atomic E-state index is -0.969. The van der Waals surface area contributed by atoms with Crippen molar-refractivity contribution in [3.63, 3.8) is 0 Å². The molecule has 1 aromatic carbocycles. The molecule has 2 fully saturated rings. The fourth-order valence-electron chi connectivity index (χ4n) is 3.73. The number of ketones is 1. The van der Waals surface area contributed by atoms with E-state index in [1.807, 2.05) is 0 Å². The van der Waals surface area contributed by atoms with Crippen LogP contribution in [0.2, 0.25) is 0 Å². The number of likely N-dealkylation sites (tertiary alicyclic amines) is 1. The quantitative estimate of drug-likeness (QED) is 0.836. The van der Waals surface area contributed by atoms with Crippen molar-refractivity contribution in [2.75, 3.05) is 20.2 Å². The molecule has 1 aliphatic carbocycles. The van der Waals surface area contributed by atoms with Gasteiger partial charge in [-0.25, -0.2) is 4.39 Å². The van der Waals surface area contributed by atoms with Gasteiger partial charge in [-0.3, -0.25) is 9.59 Å². The molecule has 1 saturated heterocycles. The molecule has 0 N–H and O–H groups in total. The number of hydrogen-bond acceptors (Lipinski definition) is 3. The first-order valence-corrected chi connectivity index (χ1v) is 7.09. The largest absolute Gasteiger partial charge is 0.365 e. The van der Waals surface area contributed by atoms with E-state index in [0.717, 1.165) is 0 Å². The summed E-state index contributed by atoms with van der Waals surface area (Å²) in [6.45, 7) is 2.66. The van der Waals surface area contributed by atoms with E-state index in [2.05, 4.69) is 0 Å². The van der Waals surface area contributed by atoms with Gasteiger partial charge in [0, 0.05) is 27.1 Å². The molecule has 4 nitrogen and oxygen atoms in total. The molecule has 5 heteroatoms. The fraction of sp³-hybridized carbons (Fsp3) is 0.500. The Kier molecular flexibility index (Phi) is 3.13. The summed E-state index contributed by atoms with van der Waals surface area (Å²) in [7, 11) is 1.52. The lowest BCUT2D eigenvalue weighted by Gasteiger charge is -2.33. The smallest absolute Gasteiger partial charge is 0.219 e. The van der Waals surface area contributed by atoms with Gasteiger partial charge in [-0.05, 0) is 30.5 Å². The highest BCUT2D eigenvalue weighted by Gasteiger charge is 2.78. The van der Waals surface area contributed by atoms with Crippen molar-refractivity contribution in [3.05, 3.63) is 35.6 Å². The lowest BCUT2D eigenvalue weighted by atomic mass is 9.86. The lowest BCUT2D eigenvalue weighted by molar-refractivity contribution is -0.131. The Labute approximate surface area is 122 Å². The molecule has 0 aromatic heterocycles. The molecular formula is C16H18FNO3. The fourth-order valence-corrected chi connectivity index (χ4v) is 3.73. The van der Waals surface area contributed by atoms with Gasteiger partial charge in [-0.2, -0.15) is 0 Å². The van der Waals surface area contributed by atoms with Crippen LogP contribution in [0.3, 0.4) is 0 Å². The van der Waals surface area contributed by atoms with Crippen molar-refractivity contribution in [3.8, 4) is 0 Å². The Morgan fingerprint density at radius 3 is 2.29 bits per heavy atom. The second kappa shape index (κ2) is 4.63. The Bertz CT molecular complexity index is 590. The first-order chi connectivity index (χ1) is 9.98. The van der Waals surface area contributed by atoms with E-state index >= 15 is 0 Å². The normalized spacial score (nSPS) is 27.0. The molecule has 112 valence electrons. The van der Waals surface area contributed by atoms with Gasteiger partial charge in [0.15, 0.2) is 11.4 Å². The summed E-state index contributed by atoms with van der Waals surface area (Å²) in [5, 5.41) is 0. The minimum Gasteiger partial charge on any atom is -0.365 e. The van der Waals surface area contributed by atoms with E-state index < -0.39 is 11.0 Å². The number of rotatable bonds is 2. The van der Waals surface area contributed by atoms with Gasteiger partial charge in [-0.1, -0.05) is 12.1 Å². The third-order valence-electron chi connectivity index (χ3n) is 4.99. The van der Waals surface area contributed by atoms with Gasteiger partial charge >= 0.3 is 0 Å². The second-order valence-corrected chi connectivity index (χ2v) is 5.81. The van der Waals surface area contributed by atoms with Crippen molar-refractivity contribution in [2.24, 2.45) is 5.41 Å². The minimum absolute atomic E-state index is 0.0303. The predicted octanol–water partition coefficient (Wildman–Crippen LogP) is 1.88. The Hall–Kier alpha value is -1.75. The molecule has 1 aliphatic heterocycles.